The van der Waals surface area contributed by atoms with E-state index in [9.17, 15) is 4.79 Å². The molecule has 22 heavy (non-hydrogen) atoms. The second kappa shape index (κ2) is 5.53. The molecule has 0 saturated carbocycles. The minimum atomic E-state index is -0.495. The van der Waals surface area contributed by atoms with Gasteiger partial charge >= 0.3 is 5.97 Å². The monoisotopic (exact) mass is 320 g/mol. The molecule has 1 aliphatic heterocycles. The summed E-state index contributed by atoms with van der Waals surface area (Å²) in [6, 6.07) is 3.20. The van der Waals surface area contributed by atoms with Crippen LogP contribution in [-0.2, 0) is 9.53 Å². The van der Waals surface area contributed by atoms with Gasteiger partial charge in [0.1, 0.15) is 17.6 Å². The van der Waals surface area contributed by atoms with Crippen LogP contribution in [0.1, 0.15) is 24.5 Å². The molecule has 0 spiro atoms. The molecule has 1 aliphatic rings. The van der Waals surface area contributed by atoms with E-state index >= 15 is 0 Å². The maximum Gasteiger partial charge on any atom is 0.338 e. The molecule has 0 aliphatic carbocycles. The summed E-state index contributed by atoms with van der Waals surface area (Å²) in [6.45, 7) is 3.67. The fourth-order valence-corrected chi connectivity index (χ4v) is 2.80. The van der Waals surface area contributed by atoms with E-state index < -0.39 is 12.0 Å². The summed E-state index contributed by atoms with van der Waals surface area (Å²) in [7, 11) is 1.36. The van der Waals surface area contributed by atoms with Gasteiger partial charge in [-0.3, -0.25) is 0 Å². The molecule has 2 aromatic rings. The highest BCUT2D eigenvalue weighted by Crippen LogP contribution is 2.36. The molecule has 8 heteroatoms. The Morgan fingerprint density at radius 1 is 1.45 bits per heavy atom. The summed E-state index contributed by atoms with van der Waals surface area (Å²) >= 11 is 1.43. The van der Waals surface area contributed by atoms with Crippen LogP contribution >= 0.6 is 11.8 Å². The molecular formula is C14H16N4O3S. The number of carbonyl (C=O) groups is 1. The predicted octanol–water partition coefficient (Wildman–Crippen LogP) is 2.36. The molecule has 0 fully saturated rings. The van der Waals surface area contributed by atoms with Crippen LogP contribution < -0.4 is 5.32 Å². The largest absolute Gasteiger partial charge is 0.466 e. The quantitative estimate of drug-likeness (QED) is 0.686. The molecule has 3 rings (SSSR count). The Labute approximate surface area is 131 Å². The van der Waals surface area contributed by atoms with E-state index in [0.29, 0.717) is 28.1 Å². The Bertz CT molecular complexity index is 762. The number of thioether (sulfide) groups is 1. The van der Waals surface area contributed by atoms with Crippen molar-refractivity contribution < 1.29 is 13.9 Å². The lowest BCUT2D eigenvalue weighted by atomic mass is 10.0. The number of fused-ring (bicyclic) bond motifs is 1. The summed E-state index contributed by atoms with van der Waals surface area (Å²) < 4.78 is 12.3. The fraction of sp³-hybridized carbons (Fsp3) is 0.357. The molecule has 2 aromatic heterocycles. The lowest BCUT2D eigenvalue weighted by Crippen LogP contribution is -2.29. The van der Waals surface area contributed by atoms with Gasteiger partial charge in [-0.05, 0) is 32.2 Å². The fourth-order valence-electron chi connectivity index (χ4n) is 2.46. The number of carbonyl (C=O) groups excluding carboxylic acids is 1. The van der Waals surface area contributed by atoms with Gasteiger partial charge in [-0.1, -0.05) is 11.8 Å². The lowest BCUT2D eigenvalue weighted by molar-refractivity contribution is -0.136. The Morgan fingerprint density at radius 3 is 2.82 bits per heavy atom. The number of esters is 1. The Kier molecular flexibility index (Phi) is 3.69. The summed E-state index contributed by atoms with van der Waals surface area (Å²) in [5.74, 6) is 1.55. The number of furan rings is 1. The number of rotatable bonds is 3. The molecule has 0 unspecified atom stereocenters. The van der Waals surface area contributed by atoms with E-state index in [2.05, 4.69) is 15.4 Å². The molecule has 0 saturated heterocycles. The lowest BCUT2D eigenvalue weighted by Gasteiger charge is -2.26. The van der Waals surface area contributed by atoms with Crippen molar-refractivity contribution in [1.29, 1.82) is 0 Å². The molecule has 7 nitrogen and oxygen atoms in total. The number of ether oxygens (including phenoxy) is 1. The zero-order valence-electron chi connectivity index (χ0n) is 12.7. The average molecular weight is 320 g/mol. The number of aromatic nitrogens is 3. The molecule has 0 bridgehead atoms. The predicted molar refractivity (Wildman–Crippen MR) is 81.7 cm³/mol. The molecule has 1 N–H and O–H groups in total. The smallest absolute Gasteiger partial charge is 0.338 e. The number of hydrogen-bond acceptors (Lipinski definition) is 7. The number of allylic oxidation sites excluding steroid dienone is 1. The first kappa shape index (κ1) is 14.7. The minimum Gasteiger partial charge on any atom is -0.466 e. The van der Waals surface area contributed by atoms with Crippen molar-refractivity contribution in [2.24, 2.45) is 0 Å². The number of nitrogens with one attached hydrogen (secondary N) is 1. The van der Waals surface area contributed by atoms with Gasteiger partial charge in [0.2, 0.25) is 11.1 Å². The summed E-state index contributed by atoms with van der Waals surface area (Å²) in [5, 5.41) is 8.16. The first-order chi connectivity index (χ1) is 10.5. The second-order valence-corrected chi connectivity index (χ2v) is 5.65. The van der Waals surface area contributed by atoms with E-state index in [1.807, 2.05) is 32.2 Å². The van der Waals surface area contributed by atoms with Gasteiger partial charge in [0.25, 0.3) is 0 Å². The van der Waals surface area contributed by atoms with Gasteiger partial charge in [0.15, 0.2) is 0 Å². The zero-order valence-corrected chi connectivity index (χ0v) is 13.5. The van der Waals surface area contributed by atoms with Crippen LogP contribution in [0.2, 0.25) is 0 Å². The van der Waals surface area contributed by atoms with Crippen molar-refractivity contribution in [2.45, 2.75) is 25.0 Å². The van der Waals surface area contributed by atoms with Crippen molar-refractivity contribution in [3.05, 3.63) is 34.9 Å². The van der Waals surface area contributed by atoms with Gasteiger partial charge in [-0.25, -0.2) is 9.48 Å². The Hall–Kier alpha value is -2.22. The maximum absolute atomic E-state index is 12.2. The standard InChI is InChI=1S/C14H16N4O3S/c1-7-5-6-9(21-7)11-10(12(19)20-3)8(2)15-13-16-14(22-4)17-18(11)13/h5-6,11H,1-4H3,(H,15,16,17)/t11-/m1/s1. The highest BCUT2D eigenvalue weighted by molar-refractivity contribution is 7.98. The molecule has 0 amide bonds. The van der Waals surface area contributed by atoms with Gasteiger partial charge in [-0.2, -0.15) is 4.98 Å². The maximum atomic E-state index is 12.2. The van der Waals surface area contributed by atoms with E-state index in [1.54, 1.807) is 4.68 Å². The van der Waals surface area contributed by atoms with Gasteiger partial charge in [0.05, 0.1) is 12.7 Å². The number of anilines is 1. The topological polar surface area (TPSA) is 82.2 Å². The van der Waals surface area contributed by atoms with Crippen molar-refractivity contribution >= 4 is 23.7 Å². The first-order valence-electron chi connectivity index (χ1n) is 6.68. The number of aryl methyl sites for hydroxylation is 1. The van der Waals surface area contributed by atoms with E-state index in [-0.39, 0.29) is 0 Å². The highest BCUT2D eigenvalue weighted by Gasteiger charge is 2.36. The van der Waals surface area contributed by atoms with E-state index in [1.165, 1.54) is 18.9 Å². The summed E-state index contributed by atoms with van der Waals surface area (Å²) in [5.41, 5.74) is 1.14. The molecule has 0 aromatic carbocycles. The average Bonchev–Trinajstić information content (AvgIpc) is 3.10. The third kappa shape index (κ3) is 2.29. The Morgan fingerprint density at radius 2 is 2.23 bits per heavy atom. The van der Waals surface area contributed by atoms with Crippen LogP contribution in [-0.4, -0.2) is 34.1 Å². The third-order valence-electron chi connectivity index (χ3n) is 3.45. The van der Waals surface area contributed by atoms with Crippen molar-refractivity contribution in [2.75, 3.05) is 18.7 Å². The van der Waals surface area contributed by atoms with Gasteiger partial charge in [-0.15, -0.1) is 5.10 Å². The first-order valence-corrected chi connectivity index (χ1v) is 7.90. The van der Waals surface area contributed by atoms with Crippen molar-refractivity contribution in [1.82, 2.24) is 14.8 Å². The highest BCUT2D eigenvalue weighted by atomic mass is 32.2. The Balaban J connectivity index is 2.18. The van der Waals surface area contributed by atoms with Crippen LogP contribution in [0.5, 0.6) is 0 Å². The van der Waals surface area contributed by atoms with Gasteiger partial charge in [0, 0.05) is 5.70 Å². The van der Waals surface area contributed by atoms with Crippen molar-refractivity contribution in [3.63, 3.8) is 0 Å². The summed E-state index contributed by atoms with van der Waals surface area (Å²) in [4.78, 5) is 16.6. The second-order valence-electron chi connectivity index (χ2n) is 4.87. The molecule has 0 radical (unpaired) electrons. The third-order valence-corrected chi connectivity index (χ3v) is 3.99. The number of hydrogen-bond donors (Lipinski definition) is 1. The van der Waals surface area contributed by atoms with Crippen molar-refractivity contribution in [3.8, 4) is 0 Å². The molecule has 3 heterocycles. The van der Waals surface area contributed by atoms with Crippen LogP contribution in [0.25, 0.3) is 0 Å². The zero-order chi connectivity index (χ0) is 15.9. The summed E-state index contributed by atoms with van der Waals surface area (Å²) in [6.07, 6.45) is 1.90. The van der Waals surface area contributed by atoms with Gasteiger partial charge < -0.3 is 14.5 Å². The van der Waals surface area contributed by atoms with Crippen LogP contribution in [0.3, 0.4) is 0 Å². The van der Waals surface area contributed by atoms with Crippen LogP contribution in [0, 0.1) is 6.92 Å². The van der Waals surface area contributed by atoms with E-state index in [0.717, 1.165) is 5.76 Å². The molecular weight excluding hydrogens is 304 g/mol. The van der Waals surface area contributed by atoms with E-state index in [4.69, 9.17) is 9.15 Å². The molecule has 116 valence electrons. The minimum absolute atomic E-state index is 0.420. The number of nitrogens with zero attached hydrogens (tertiary/aromatic N) is 3. The van der Waals surface area contributed by atoms with Crippen LogP contribution in [0.15, 0.2) is 33.0 Å². The van der Waals surface area contributed by atoms with Crippen LogP contribution in [0.4, 0.5) is 5.95 Å². The number of methoxy groups -OCH3 is 1. The SMILES string of the molecule is COC(=O)C1=C(C)Nc2nc(SC)nn2[C@@H]1c1ccc(C)o1. The molecule has 1 atom stereocenters. The normalized spacial score (nSPS) is 17.2.